The van der Waals surface area contributed by atoms with Crippen molar-refractivity contribution in [1.82, 2.24) is 0 Å². The van der Waals surface area contributed by atoms with E-state index in [4.69, 9.17) is 9.47 Å². The van der Waals surface area contributed by atoms with Gasteiger partial charge in [0.1, 0.15) is 24.1 Å². The number of hydrogen-bond donors (Lipinski definition) is 3. The zero-order valence-electron chi connectivity index (χ0n) is 14.4. The summed E-state index contributed by atoms with van der Waals surface area (Å²) in [6.45, 7) is 4.25. The topological polar surface area (TPSA) is 79.2 Å². The molecule has 2 aromatic carbocycles. The first-order valence-corrected chi connectivity index (χ1v) is 8.48. The molecule has 0 saturated carbocycles. The van der Waals surface area contributed by atoms with Crippen LogP contribution in [-0.4, -0.2) is 46.5 Å². The van der Waals surface area contributed by atoms with Crippen LogP contribution in [0, 0.1) is 0 Å². The second-order valence-electron chi connectivity index (χ2n) is 6.67. The van der Waals surface area contributed by atoms with Gasteiger partial charge in [-0.15, -0.1) is 0 Å². The molecule has 3 rings (SSSR count). The Hall–Kier alpha value is -1.92. The third-order valence-electron chi connectivity index (χ3n) is 4.47. The molecule has 4 atom stereocenters. The molecule has 5 nitrogen and oxygen atoms in total. The van der Waals surface area contributed by atoms with Crippen LogP contribution < -0.4 is 4.74 Å². The fourth-order valence-electron chi connectivity index (χ4n) is 2.80. The molecular formula is C20H24O5. The Labute approximate surface area is 147 Å². The van der Waals surface area contributed by atoms with Crippen LogP contribution in [0.2, 0.25) is 0 Å². The maximum atomic E-state index is 9.91. The smallest absolute Gasteiger partial charge is 0.228 e. The zero-order valence-corrected chi connectivity index (χ0v) is 14.4. The minimum Gasteiger partial charge on any atom is -0.462 e. The van der Waals surface area contributed by atoms with E-state index in [0.717, 1.165) is 11.1 Å². The van der Waals surface area contributed by atoms with Crippen molar-refractivity contribution in [2.75, 3.05) is 6.61 Å². The van der Waals surface area contributed by atoms with Gasteiger partial charge in [-0.1, -0.05) is 50.2 Å². The van der Waals surface area contributed by atoms with Crippen LogP contribution in [0.25, 0.3) is 11.1 Å². The first kappa shape index (κ1) is 17.9. The van der Waals surface area contributed by atoms with Gasteiger partial charge in [0.2, 0.25) is 6.29 Å². The third kappa shape index (κ3) is 4.02. The zero-order chi connectivity index (χ0) is 18.0. The Bertz CT molecular complexity index is 680. The monoisotopic (exact) mass is 344 g/mol. The van der Waals surface area contributed by atoms with E-state index in [1.165, 1.54) is 5.56 Å². The summed E-state index contributed by atoms with van der Waals surface area (Å²) in [6, 6.07) is 15.9. The molecule has 0 aromatic heterocycles. The molecule has 134 valence electrons. The predicted molar refractivity (Wildman–Crippen MR) is 94.4 cm³/mol. The number of ether oxygens (including phenoxy) is 2. The van der Waals surface area contributed by atoms with Crippen molar-refractivity contribution in [1.29, 1.82) is 0 Å². The van der Waals surface area contributed by atoms with Gasteiger partial charge >= 0.3 is 0 Å². The van der Waals surface area contributed by atoms with Crippen LogP contribution in [0.1, 0.15) is 25.3 Å². The lowest BCUT2D eigenvalue weighted by Gasteiger charge is -2.34. The highest BCUT2D eigenvalue weighted by molar-refractivity contribution is 5.64. The summed E-state index contributed by atoms with van der Waals surface area (Å²) in [5, 5.41) is 29.1. The van der Waals surface area contributed by atoms with E-state index in [0.29, 0.717) is 11.7 Å². The second-order valence-corrected chi connectivity index (χ2v) is 6.67. The number of aliphatic hydroxyl groups is 3. The van der Waals surface area contributed by atoms with Crippen LogP contribution in [-0.2, 0) is 4.74 Å². The first-order chi connectivity index (χ1) is 12.0. The van der Waals surface area contributed by atoms with Crippen molar-refractivity contribution in [3.05, 3.63) is 54.1 Å². The van der Waals surface area contributed by atoms with Gasteiger partial charge < -0.3 is 24.8 Å². The molecule has 3 N–H and O–H groups in total. The Morgan fingerprint density at radius 2 is 1.44 bits per heavy atom. The van der Waals surface area contributed by atoms with Crippen LogP contribution in [0.5, 0.6) is 5.75 Å². The summed E-state index contributed by atoms with van der Waals surface area (Å²) >= 11 is 0. The minimum atomic E-state index is -1.30. The summed E-state index contributed by atoms with van der Waals surface area (Å²) in [7, 11) is 0. The average Bonchev–Trinajstić information content (AvgIpc) is 2.63. The highest BCUT2D eigenvalue weighted by Gasteiger charge is 2.38. The summed E-state index contributed by atoms with van der Waals surface area (Å²) in [5.74, 6) is 1.02. The quantitative estimate of drug-likeness (QED) is 0.793. The van der Waals surface area contributed by atoms with Gasteiger partial charge in [-0.3, -0.25) is 0 Å². The number of rotatable bonds is 4. The van der Waals surface area contributed by atoms with E-state index in [9.17, 15) is 15.3 Å². The fraction of sp³-hybridized carbons (Fsp3) is 0.400. The first-order valence-electron chi connectivity index (χ1n) is 8.48. The maximum absolute atomic E-state index is 9.91. The standard InChI is InChI=1S/C20H24O5/c1-12(2)13-3-5-14(6-4-13)15-7-9-16(10-8-15)25-20-19(23)18(22)17(21)11-24-20/h3-10,12,17-23H,11H2,1-2H3/t17-,18-,19+,20-/m0/s1. The Balaban J connectivity index is 1.68. The Morgan fingerprint density at radius 1 is 0.880 bits per heavy atom. The lowest BCUT2D eigenvalue weighted by atomic mass is 9.99. The van der Waals surface area contributed by atoms with Gasteiger partial charge in [0.25, 0.3) is 0 Å². The Kier molecular flexibility index (Phi) is 5.39. The van der Waals surface area contributed by atoms with Crippen LogP contribution in [0.3, 0.4) is 0 Å². The number of aliphatic hydroxyl groups excluding tert-OH is 3. The highest BCUT2D eigenvalue weighted by Crippen LogP contribution is 2.26. The van der Waals surface area contributed by atoms with Crippen molar-refractivity contribution in [2.45, 2.75) is 44.4 Å². The van der Waals surface area contributed by atoms with Crippen LogP contribution in [0.4, 0.5) is 0 Å². The molecule has 0 radical (unpaired) electrons. The third-order valence-corrected chi connectivity index (χ3v) is 4.47. The lowest BCUT2D eigenvalue weighted by Crippen LogP contribution is -2.54. The Morgan fingerprint density at radius 3 is 2.00 bits per heavy atom. The van der Waals surface area contributed by atoms with Crippen molar-refractivity contribution in [2.24, 2.45) is 0 Å². The molecule has 5 heteroatoms. The second kappa shape index (κ2) is 7.54. The highest BCUT2D eigenvalue weighted by atomic mass is 16.7. The molecule has 2 aromatic rings. The van der Waals surface area contributed by atoms with Crippen molar-refractivity contribution in [3.8, 4) is 16.9 Å². The predicted octanol–water partition coefficient (Wildman–Crippen LogP) is 2.29. The molecule has 1 heterocycles. The molecule has 0 bridgehead atoms. The van der Waals surface area contributed by atoms with Gasteiger partial charge in [0.05, 0.1) is 6.61 Å². The van der Waals surface area contributed by atoms with E-state index in [-0.39, 0.29) is 6.61 Å². The molecule has 0 amide bonds. The van der Waals surface area contributed by atoms with Crippen LogP contribution >= 0.6 is 0 Å². The molecule has 1 fully saturated rings. The average molecular weight is 344 g/mol. The maximum Gasteiger partial charge on any atom is 0.228 e. The van der Waals surface area contributed by atoms with Gasteiger partial charge in [0, 0.05) is 0 Å². The van der Waals surface area contributed by atoms with Gasteiger partial charge in [-0.05, 0) is 34.7 Å². The summed E-state index contributed by atoms with van der Waals surface area (Å²) in [6.07, 6.45) is -4.69. The van der Waals surface area contributed by atoms with E-state index < -0.39 is 24.6 Å². The van der Waals surface area contributed by atoms with Crippen molar-refractivity contribution >= 4 is 0 Å². The van der Waals surface area contributed by atoms with Crippen molar-refractivity contribution < 1.29 is 24.8 Å². The molecule has 0 aliphatic carbocycles. The van der Waals surface area contributed by atoms with E-state index in [1.54, 1.807) is 12.1 Å². The SMILES string of the molecule is CC(C)c1ccc(-c2ccc(O[C@@H]3OC[C@H](O)[C@H](O)[C@H]3O)cc2)cc1. The number of benzene rings is 2. The normalized spacial score (nSPS) is 26.6. The van der Waals surface area contributed by atoms with E-state index in [1.807, 2.05) is 12.1 Å². The summed E-state index contributed by atoms with van der Waals surface area (Å²) < 4.78 is 10.8. The summed E-state index contributed by atoms with van der Waals surface area (Å²) in [4.78, 5) is 0. The lowest BCUT2D eigenvalue weighted by molar-refractivity contribution is -0.242. The fourth-order valence-corrected chi connectivity index (χ4v) is 2.80. The summed E-state index contributed by atoms with van der Waals surface area (Å²) in [5.41, 5.74) is 3.47. The molecule has 0 unspecified atom stereocenters. The molecule has 25 heavy (non-hydrogen) atoms. The molecule has 1 aliphatic heterocycles. The molecule has 1 saturated heterocycles. The molecule has 1 aliphatic rings. The van der Waals surface area contributed by atoms with Gasteiger partial charge in [-0.25, -0.2) is 0 Å². The molecular weight excluding hydrogens is 320 g/mol. The van der Waals surface area contributed by atoms with Gasteiger partial charge in [0.15, 0.2) is 0 Å². The van der Waals surface area contributed by atoms with Crippen molar-refractivity contribution in [3.63, 3.8) is 0 Å². The van der Waals surface area contributed by atoms with Gasteiger partial charge in [-0.2, -0.15) is 0 Å². The molecule has 0 spiro atoms. The number of hydrogen-bond acceptors (Lipinski definition) is 5. The largest absolute Gasteiger partial charge is 0.462 e. The minimum absolute atomic E-state index is 0.0802. The van der Waals surface area contributed by atoms with E-state index in [2.05, 4.69) is 38.1 Å². The van der Waals surface area contributed by atoms with Crippen LogP contribution in [0.15, 0.2) is 48.5 Å². The van der Waals surface area contributed by atoms with E-state index >= 15 is 0 Å².